The summed E-state index contributed by atoms with van der Waals surface area (Å²) in [6, 6.07) is 11.7. The highest BCUT2D eigenvalue weighted by molar-refractivity contribution is 5.92. The van der Waals surface area contributed by atoms with Gasteiger partial charge in [0, 0.05) is 18.3 Å². The quantitative estimate of drug-likeness (QED) is 0.858. The Morgan fingerprint density at radius 3 is 2.52 bits per heavy atom. The molecule has 1 atom stereocenters. The minimum atomic E-state index is -0.587. The second-order valence-electron chi connectivity index (χ2n) is 8.27. The lowest BCUT2D eigenvalue weighted by molar-refractivity contribution is 0.0663. The third-order valence-corrected chi connectivity index (χ3v) is 5.85. The smallest absolute Gasteiger partial charge is 0.411 e. The number of benzene rings is 1. The molecule has 0 bridgehead atoms. The summed E-state index contributed by atoms with van der Waals surface area (Å²) in [5.41, 5.74) is 0.870. The van der Waals surface area contributed by atoms with E-state index in [1.54, 1.807) is 12.3 Å². The SMILES string of the molecule is CC1(C)OC(=O)N(C2CCC(NC(=O)c3ccncn3)CC2)[C@H]1c1ccccc1. The Balaban J connectivity index is 1.43. The lowest BCUT2D eigenvalue weighted by Crippen LogP contribution is -2.46. The topological polar surface area (TPSA) is 84.4 Å². The van der Waals surface area contributed by atoms with E-state index >= 15 is 0 Å². The number of carbonyl (C=O) groups is 2. The third kappa shape index (κ3) is 3.95. The van der Waals surface area contributed by atoms with Gasteiger partial charge in [0.25, 0.3) is 5.91 Å². The summed E-state index contributed by atoms with van der Waals surface area (Å²) in [5.74, 6) is -0.181. The number of hydrogen-bond acceptors (Lipinski definition) is 5. The maximum atomic E-state index is 12.7. The van der Waals surface area contributed by atoms with Crippen molar-refractivity contribution in [1.82, 2.24) is 20.2 Å². The van der Waals surface area contributed by atoms with E-state index in [1.165, 1.54) is 6.33 Å². The average Bonchev–Trinajstić information content (AvgIpc) is 2.98. The summed E-state index contributed by atoms with van der Waals surface area (Å²) in [6.45, 7) is 3.94. The molecule has 1 aromatic heterocycles. The first-order valence-electron chi connectivity index (χ1n) is 10.1. The van der Waals surface area contributed by atoms with Gasteiger partial charge in [0.1, 0.15) is 17.6 Å². The molecule has 152 valence electrons. The van der Waals surface area contributed by atoms with E-state index in [2.05, 4.69) is 27.4 Å². The molecule has 2 heterocycles. The first-order valence-corrected chi connectivity index (χ1v) is 10.1. The monoisotopic (exact) mass is 394 g/mol. The highest BCUT2D eigenvalue weighted by atomic mass is 16.6. The first kappa shape index (κ1) is 19.4. The van der Waals surface area contributed by atoms with Gasteiger partial charge in [-0.2, -0.15) is 0 Å². The van der Waals surface area contributed by atoms with Crippen molar-refractivity contribution in [3.05, 3.63) is 60.2 Å². The minimum absolute atomic E-state index is 0.0792. The van der Waals surface area contributed by atoms with Crippen molar-refractivity contribution in [3.63, 3.8) is 0 Å². The molecular weight excluding hydrogens is 368 g/mol. The van der Waals surface area contributed by atoms with Crippen LogP contribution in [0.5, 0.6) is 0 Å². The summed E-state index contributed by atoms with van der Waals surface area (Å²) in [5, 5.41) is 3.05. The van der Waals surface area contributed by atoms with Crippen molar-refractivity contribution in [1.29, 1.82) is 0 Å². The van der Waals surface area contributed by atoms with Crippen LogP contribution < -0.4 is 5.32 Å². The van der Waals surface area contributed by atoms with Gasteiger partial charge in [-0.3, -0.25) is 9.69 Å². The van der Waals surface area contributed by atoms with E-state index < -0.39 is 5.60 Å². The third-order valence-electron chi connectivity index (χ3n) is 5.85. The molecule has 7 heteroatoms. The standard InChI is InChI=1S/C22H26N4O3/c1-22(2)19(15-6-4-3-5-7-15)26(21(28)29-22)17-10-8-16(9-11-17)25-20(27)18-12-13-23-14-24-18/h3-7,12-14,16-17,19H,8-11H2,1-2H3,(H,25,27)/t16?,17?,19-/m0/s1. The van der Waals surface area contributed by atoms with Crippen molar-refractivity contribution < 1.29 is 14.3 Å². The largest absolute Gasteiger partial charge is 0.441 e. The zero-order valence-electron chi connectivity index (χ0n) is 16.7. The second kappa shape index (κ2) is 7.81. The molecule has 1 saturated heterocycles. The van der Waals surface area contributed by atoms with Gasteiger partial charge in [-0.1, -0.05) is 30.3 Å². The van der Waals surface area contributed by atoms with E-state index in [-0.39, 0.29) is 30.1 Å². The van der Waals surface area contributed by atoms with Crippen LogP contribution in [0, 0.1) is 0 Å². The average molecular weight is 394 g/mol. The Labute approximate surface area is 170 Å². The predicted octanol–water partition coefficient (Wildman–Crippen LogP) is 3.49. The number of nitrogens with one attached hydrogen (secondary N) is 1. The fourth-order valence-corrected chi connectivity index (χ4v) is 4.51. The van der Waals surface area contributed by atoms with Gasteiger partial charge in [0.05, 0.1) is 6.04 Å². The molecule has 1 N–H and O–H groups in total. The van der Waals surface area contributed by atoms with Crippen LogP contribution in [0.4, 0.5) is 4.79 Å². The molecule has 2 aromatic rings. The van der Waals surface area contributed by atoms with Gasteiger partial charge in [0.15, 0.2) is 0 Å². The molecule has 29 heavy (non-hydrogen) atoms. The molecule has 1 aliphatic heterocycles. The van der Waals surface area contributed by atoms with Crippen LogP contribution in [0.15, 0.2) is 48.9 Å². The number of nitrogens with zero attached hydrogens (tertiary/aromatic N) is 3. The van der Waals surface area contributed by atoms with Crippen LogP contribution >= 0.6 is 0 Å². The summed E-state index contributed by atoms with van der Waals surface area (Å²) in [7, 11) is 0. The zero-order chi connectivity index (χ0) is 20.4. The first-order chi connectivity index (χ1) is 14.0. The lowest BCUT2D eigenvalue weighted by Gasteiger charge is -2.38. The Bertz CT molecular complexity index is 864. The molecule has 2 amide bonds. The van der Waals surface area contributed by atoms with Gasteiger partial charge >= 0.3 is 6.09 Å². The summed E-state index contributed by atoms with van der Waals surface area (Å²) in [6.07, 6.45) is 5.95. The minimum Gasteiger partial charge on any atom is -0.441 e. The molecule has 0 spiro atoms. The lowest BCUT2D eigenvalue weighted by atomic mass is 9.86. The molecule has 2 fully saturated rings. The van der Waals surface area contributed by atoms with E-state index in [9.17, 15) is 9.59 Å². The molecule has 1 saturated carbocycles. The van der Waals surface area contributed by atoms with Crippen molar-refractivity contribution in [2.75, 3.05) is 0 Å². The number of carbonyl (C=O) groups excluding carboxylic acids is 2. The molecular formula is C22H26N4O3. The van der Waals surface area contributed by atoms with Crippen molar-refractivity contribution in [2.24, 2.45) is 0 Å². The molecule has 7 nitrogen and oxygen atoms in total. The fraction of sp³-hybridized carbons (Fsp3) is 0.455. The van der Waals surface area contributed by atoms with E-state index in [0.717, 1.165) is 31.2 Å². The van der Waals surface area contributed by atoms with E-state index in [0.29, 0.717) is 5.69 Å². The highest BCUT2D eigenvalue weighted by Crippen LogP contribution is 2.44. The number of ether oxygens (including phenoxy) is 1. The molecule has 4 rings (SSSR count). The zero-order valence-corrected chi connectivity index (χ0v) is 16.7. The summed E-state index contributed by atoms with van der Waals surface area (Å²) in [4.78, 5) is 34.8. The maximum Gasteiger partial charge on any atom is 0.411 e. The molecule has 1 aromatic carbocycles. The van der Waals surface area contributed by atoms with Crippen molar-refractivity contribution in [2.45, 2.75) is 63.3 Å². The number of amides is 2. The van der Waals surface area contributed by atoms with Crippen LogP contribution in [0.1, 0.15) is 61.6 Å². The fourth-order valence-electron chi connectivity index (χ4n) is 4.51. The molecule has 0 radical (unpaired) electrons. The number of hydrogen-bond donors (Lipinski definition) is 1. The molecule has 0 unspecified atom stereocenters. The van der Waals surface area contributed by atoms with Crippen molar-refractivity contribution in [3.8, 4) is 0 Å². The Morgan fingerprint density at radius 1 is 1.14 bits per heavy atom. The van der Waals surface area contributed by atoms with Crippen LogP contribution in [0.25, 0.3) is 0 Å². The number of rotatable bonds is 4. The Kier molecular flexibility index (Phi) is 5.22. The Morgan fingerprint density at radius 2 is 1.86 bits per heavy atom. The highest BCUT2D eigenvalue weighted by Gasteiger charge is 2.51. The van der Waals surface area contributed by atoms with Gasteiger partial charge in [0.2, 0.25) is 0 Å². The van der Waals surface area contributed by atoms with E-state index in [1.807, 2.05) is 36.9 Å². The maximum absolute atomic E-state index is 12.7. The number of cyclic esters (lactones) is 1. The Hall–Kier alpha value is -2.96. The van der Waals surface area contributed by atoms with Crippen LogP contribution in [-0.4, -0.2) is 44.6 Å². The summed E-state index contributed by atoms with van der Waals surface area (Å²) < 4.78 is 5.73. The van der Waals surface area contributed by atoms with Gasteiger partial charge in [-0.05, 0) is 51.2 Å². The second-order valence-corrected chi connectivity index (χ2v) is 8.27. The molecule has 1 aliphatic carbocycles. The van der Waals surface area contributed by atoms with Crippen LogP contribution in [-0.2, 0) is 4.74 Å². The number of aromatic nitrogens is 2. The molecule has 2 aliphatic rings. The van der Waals surface area contributed by atoms with Crippen LogP contribution in [0.3, 0.4) is 0 Å². The normalized spacial score (nSPS) is 26.1. The summed E-state index contributed by atoms with van der Waals surface area (Å²) >= 11 is 0. The van der Waals surface area contributed by atoms with Gasteiger partial charge < -0.3 is 10.1 Å². The van der Waals surface area contributed by atoms with Crippen molar-refractivity contribution >= 4 is 12.0 Å². The van der Waals surface area contributed by atoms with E-state index in [4.69, 9.17) is 4.74 Å². The van der Waals surface area contributed by atoms with Crippen LogP contribution in [0.2, 0.25) is 0 Å². The van der Waals surface area contributed by atoms with Gasteiger partial charge in [-0.15, -0.1) is 0 Å². The van der Waals surface area contributed by atoms with Gasteiger partial charge in [-0.25, -0.2) is 14.8 Å². The predicted molar refractivity (Wildman–Crippen MR) is 107 cm³/mol.